The molecule has 21 heteroatoms. The summed E-state index contributed by atoms with van der Waals surface area (Å²) in [6.07, 6.45) is 0. The molecule has 0 aliphatic rings. The van der Waals surface area contributed by atoms with E-state index < -0.39 is 50.8 Å². The summed E-state index contributed by atoms with van der Waals surface area (Å²) >= 11 is 0. The van der Waals surface area contributed by atoms with E-state index in [0.29, 0.717) is 0 Å². The van der Waals surface area contributed by atoms with Gasteiger partial charge in [-0.25, -0.2) is 0 Å². The van der Waals surface area contributed by atoms with E-state index in [1.54, 1.807) is 37.8 Å². The lowest BCUT2D eigenvalue weighted by atomic mass is 9.87. The van der Waals surface area contributed by atoms with Crippen LogP contribution in [-0.4, -0.2) is 78.6 Å². The van der Waals surface area contributed by atoms with Crippen LogP contribution in [0.1, 0.15) is 0 Å². The van der Waals surface area contributed by atoms with Crippen molar-refractivity contribution in [1.29, 1.82) is 0 Å². The predicted molar refractivity (Wildman–Crippen MR) is 225 cm³/mol. The van der Waals surface area contributed by atoms with Crippen LogP contribution in [0, 0.1) is 0 Å². The van der Waals surface area contributed by atoms with Crippen LogP contribution in [0.4, 0.5) is 26.3 Å². The van der Waals surface area contributed by atoms with Gasteiger partial charge in [0, 0.05) is 64.6 Å². The smallest absolute Gasteiger partial charge is 0.496 e. The van der Waals surface area contributed by atoms with E-state index in [1.807, 2.05) is 0 Å². The molecule has 7 aromatic rings. The Morgan fingerprint density at radius 3 is 1.19 bits per heavy atom. The van der Waals surface area contributed by atoms with Gasteiger partial charge in [-0.15, -0.1) is 0 Å². The van der Waals surface area contributed by atoms with Crippen molar-refractivity contribution in [2.45, 2.75) is 30.7 Å². The molecular weight excluding hydrogens is 891 g/mol. The van der Waals surface area contributed by atoms with Crippen LogP contribution < -0.4 is 42.0 Å². The van der Waals surface area contributed by atoms with Gasteiger partial charge in [-0.3, -0.25) is 0 Å². The lowest BCUT2D eigenvalue weighted by Crippen LogP contribution is -2.40. The summed E-state index contributed by atoms with van der Waals surface area (Å²) in [5.74, 6) is -0.894. The maximum Gasteiger partial charge on any atom is 0.534 e. The van der Waals surface area contributed by atoms with Crippen LogP contribution in [0.3, 0.4) is 0 Å². The van der Waals surface area contributed by atoms with Crippen molar-refractivity contribution < 1.29 is 80.0 Å². The Hall–Kier alpha value is -5.80. The first kappa shape index (κ1) is 44.3. The zero-order chi connectivity index (χ0) is 45.6. The molecule has 0 heterocycles. The molecule has 12 nitrogen and oxygen atoms in total. The molecule has 0 atom stereocenters. The minimum Gasteiger partial charge on any atom is -0.496 e. The van der Waals surface area contributed by atoms with E-state index in [2.05, 4.69) is 0 Å². The molecule has 0 unspecified atom stereocenters. The number of rotatable bonds is 11. The van der Waals surface area contributed by atoms with Gasteiger partial charge in [0.15, 0.2) is 23.0 Å². The molecule has 0 aromatic heterocycles. The molecule has 7 aromatic carbocycles. The minimum atomic E-state index is -6.35. The zero-order valence-corrected chi connectivity index (χ0v) is 36.8. The van der Waals surface area contributed by atoms with Crippen LogP contribution >= 0.6 is 0 Å². The number of benzene rings is 7. The molecule has 330 valence electrons. The summed E-state index contributed by atoms with van der Waals surface area (Å²) < 4.78 is 182. The highest BCUT2D eigenvalue weighted by atomic mass is 32.2. The summed E-state index contributed by atoms with van der Waals surface area (Å²) in [6, 6.07) is 12.7. The highest BCUT2D eigenvalue weighted by molar-refractivity contribution is 7.88. The van der Waals surface area contributed by atoms with Gasteiger partial charge in [0.2, 0.25) is 0 Å². The summed E-state index contributed by atoms with van der Waals surface area (Å²) in [5, 5.41) is 0.728. The molecule has 0 radical (unpaired) electrons. The van der Waals surface area contributed by atoms with Crippen molar-refractivity contribution in [3.8, 4) is 46.0 Å². The topological polar surface area (TPSA) is 142 Å². The molecule has 0 spiro atoms. The number of hydrogen-bond donors (Lipinski definition) is 0. The number of alkyl halides is 6. The lowest BCUT2D eigenvalue weighted by Gasteiger charge is -2.26. The third kappa shape index (κ3) is 6.71. The van der Waals surface area contributed by atoms with Gasteiger partial charge in [0.1, 0.15) is 23.0 Å². The van der Waals surface area contributed by atoms with Gasteiger partial charge >= 0.3 is 31.3 Å². The first-order valence-corrected chi connectivity index (χ1v) is 24.4. The second-order valence-electron chi connectivity index (χ2n) is 14.8. The normalized spacial score (nSPS) is 13.0. The molecule has 0 N–H and O–H groups in total. The Kier molecular flexibility index (Phi) is 10.7. The SMILES string of the molecule is COc1ccc(OS(=O)(=O)C(F)(F)F)c2c1cc(OC)c1ccc3c(OC)c(OC)c4ccc5c(OC)cc6c(OC)cc([Si](C)(C)C)c(OS(=O)(=O)C(F)(F)F)c6c5c4c3c12. The van der Waals surface area contributed by atoms with Crippen molar-refractivity contribution >= 4 is 98.1 Å². The van der Waals surface area contributed by atoms with Crippen LogP contribution in [0.15, 0.2) is 54.6 Å². The third-order valence-electron chi connectivity index (χ3n) is 10.4. The highest BCUT2D eigenvalue weighted by Crippen LogP contribution is 2.55. The molecule has 0 aliphatic heterocycles. The molecule has 0 saturated heterocycles. The van der Waals surface area contributed by atoms with E-state index in [-0.39, 0.29) is 104 Å². The van der Waals surface area contributed by atoms with Gasteiger partial charge in [-0.2, -0.15) is 43.2 Å². The quantitative estimate of drug-likeness (QED) is 0.0401. The third-order valence-corrected chi connectivity index (χ3v) is 14.3. The minimum absolute atomic E-state index is 0.00348. The average Bonchev–Trinajstić information content (AvgIpc) is 3.20. The van der Waals surface area contributed by atoms with E-state index >= 15 is 0 Å². The van der Waals surface area contributed by atoms with Crippen molar-refractivity contribution in [3.63, 3.8) is 0 Å². The zero-order valence-electron chi connectivity index (χ0n) is 34.2. The molecule has 0 amide bonds. The Morgan fingerprint density at radius 1 is 0.403 bits per heavy atom. The Bertz CT molecular complexity index is 3260. The van der Waals surface area contributed by atoms with Crippen LogP contribution in [-0.2, 0) is 20.2 Å². The molecule has 0 bridgehead atoms. The molecular formula is C41H36F6O12S2Si. The second kappa shape index (κ2) is 14.9. The molecule has 0 aliphatic carbocycles. The van der Waals surface area contributed by atoms with Crippen molar-refractivity contribution in [2.24, 2.45) is 0 Å². The highest BCUT2D eigenvalue weighted by Gasteiger charge is 2.50. The molecule has 62 heavy (non-hydrogen) atoms. The number of methoxy groups -OCH3 is 6. The first-order valence-electron chi connectivity index (χ1n) is 18.1. The lowest BCUT2D eigenvalue weighted by molar-refractivity contribution is -0.0504. The van der Waals surface area contributed by atoms with Crippen LogP contribution in [0.5, 0.6) is 46.0 Å². The van der Waals surface area contributed by atoms with E-state index in [9.17, 15) is 43.2 Å². The number of fused-ring (bicyclic) bond motifs is 11. The summed E-state index contributed by atoms with van der Waals surface area (Å²) in [5.41, 5.74) is -11.7. The van der Waals surface area contributed by atoms with Crippen molar-refractivity contribution in [2.75, 3.05) is 42.7 Å². The number of halogens is 6. The first-order chi connectivity index (χ1) is 28.9. The van der Waals surface area contributed by atoms with Gasteiger partial charge in [-0.1, -0.05) is 19.6 Å². The summed E-state index contributed by atoms with van der Waals surface area (Å²) in [6.45, 7) is 5.26. The fourth-order valence-corrected chi connectivity index (χ4v) is 10.3. The fraction of sp³-hybridized carbons (Fsp3) is 0.268. The standard InChI is InChI=1S/C41H36F6O12S2Si/c1-52-25-14-15-26(58-60(48,49)40(42,43)44)31-23(25)16-27(53-2)19-10-12-21-34(32(19)31)35-22(38(57-6)37(21)56-5)13-11-20-28(54-3)17-24-29(55-4)18-30(62(7,8)9)39(36(24)33(20)35)59-61(50,51)41(45,46)47/h10-18H,1-9H3. The van der Waals surface area contributed by atoms with Crippen LogP contribution in [0.25, 0.3) is 64.6 Å². The predicted octanol–water partition coefficient (Wildman–Crippen LogP) is 9.66. The van der Waals surface area contributed by atoms with Gasteiger partial charge in [0.25, 0.3) is 0 Å². The number of hydrogen-bond acceptors (Lipinski definition) is 12. The Labute approximate surface area is 350 Å². The Balaban J connectivity index is 1.96. The Morgan fingerprint density at radius 2 is 0.774 bits per heavy atom. The van der Waals surface area contributed by atoms with Gasteiger partial charge in [0.05, 0.1) is 50.7 Å². The molecule has 0 fully saturated rings. The monoisotopic (exact) mass is 926 g/mol. The second-order valence-corrected chi connectivity index (χ2v) is 22.9. The van der Waals surface area contributed by atoms with Crippen LogP contribution in [0.2, 0.25) is 19.6 Å². The van der Waals surface area contributed by atoms with E-state index in [0.717, 1.165) is 6.07 Å². The number of ether oxygens (including phenoxy) is 6. The average molecular weight is 927 g/mol. The van der Waals surface area contributed by atoms with Gasteiger partial charge < -0.3 is 36.8 Å². The molecule has 0 saturated carbocycles. The van der Waals surface area contributed by atoms with E-state index in [1.165, 1.54) is 73.0 Å². The largest absolute Gasteiger partial charge is 0.534 e. The van der Waals surface area contributed by atoms with E-state index in [4.69, 9.17) is 36.8 Å². The van der Waals surface area contributed by atoms with Crippen molar-refractivity contribution in [3.05, 3.63) is 54.6 Å². The van der Waals surface area contributed by atoms with Crippen molar-refractivity contribution in [1.82, 2.24) is 0 Å². The van der Waals surface area contributed by atoms with Gasteiger partial charge in [-0.05, 0) is 59.8 Å². The summed E-state index contributed by atoms with van der Waals surface area (Å²) in [4.78, 5) is 0. The fourth-order valence-electron chi connectivity index (χ4n) is 7.85. The maximum absolute atomic E-state index is 14.3. The maximum atomic E-state index is 14.3. The summed E-state index contributed by atoms with van der Waals surface area (Å²) in [7, 11) is -7.70. The molecule has 7 rings (SSSR count).